The van der Waals surface area contributed by atoms with Crippen LogP contribution in [0, 0.1) is 0 Å². The molecule has 0 saturated carbocycles. The quantitative estimate of drug-likeness (QED) is 0.717. The SMILES string of the molecule is CCCC(=O)c1ccccc1CO. The minimum Gasteiger partial charge on any atom is -0.392 e. The Bertz CT molecular complexity index is 292. The third-order valence-corrected chi connectivity index (χ3v) is 1.97. The Balaban J connectivity index is 2.92. The molecule has 2 heteroatoms. The molecule has 2 nitrogen and oxygen atoms in total. The van der Waals surface area contributed by atoms with Crippen LogP contribution >= 0.6 is 0 Å². The van der Waals surface area contributed by atoms with Crippen LogP contribution in [0.5, 0.6) is 0 Å². The minimum atomic E-state index is -0.0639. The van der Waals surface area contributed by atoms with Crippen LogP contribution in [-0.4, -0.2) is 10.9 Å². The van der Waals surface area contributed by atoms with Crippen LogP contribution < -0.4 is 0 Å². The van der Waals surface area contributed by atoms with Crippen molar-refractivity contribution >= 4 is 5.78 Å². The number of hydrogen-bond donors (Lipinski definition) is 1. The van der Waals surface area contributed by atoms with Crippen molar-refractivity contribution in [3.8, 4) is 0 Å². The van der Waals surface area contributed by atoms with Crippen LogP contribution in [0.2, 0.25) is 0 Å². The van der Waals surface area contributed by atoms with Crippen LogP contribution in [0.25, 0.3) is 0 Å². The molecule has 1 rings (SSSR count). The molecular weight excluding hydrogens is 164 g/mol. The summed E-state index contributed by atoms with van der Waals surface area (Å²) >= 11 is 0. The van der Waals surface area contributed by atoms with Gasteiger partial charge >= 0.3 is 0 Å². The maximum absolute atomic E-state index is 11.5. The summed E-state index contributed by atoms with van der Waals surface area (Å²) in [6.45, 7) is 1.91. The zero-order valence-electron chi connectivity index (χ0n) is 7.79. The van der Waals surface area contributed by atoms with Crippen LogP contribution in [0.1, 0.15) is 35.7 Å². The number of carbonyl (C=O) groups is 1. The molecule has 0 spiro atoms. The smallest absolute Gasteiger partial charge is 0.163 e. The van der Waals surface area contributed by atoms with Gasteiger partial charge in [-0.25, -0.2) is 0 Å². The molecule has 1 aromatic carbocycles. The van der Waals surface area contributed by atoms with E-state index in [2.05, 4.69) is 0 Å². The lowest BCUT2D eigenvalue weighted by atomic mass is 10.0. The number of carbonyl (C=O) groups excluding carboxylic acids is 1. The summed E-state index contributed by atoms with van der Waals surface area (Å²) in [6.07, 6.45) is 1.40. The third kappa shape index (κ3) is 2.39. The Kier molecular flexibility index (Phi) is 3.65. The van der Waals surface area contributed by atoms with Crippen LogP contribution in [0.15, 0.2) is 24.3 Å². The normalized spacial score (nSPS) is 10.0. The summed E-state index contributed by atoms with van der Waals surface area (Å²) in [5, 5.41) is 8.98. The molecule has 0 aliphatic heterocycles. The van der Waals surface area contributed by atoms with Gasteiger partial charge < -0.3 is 5.11 Å². The van der Waals surface area contributed by atoms with Gasteiger partial charge in [0, 0.05) is 12.0 Å². The highest BCUT2D eigenvalue weighted by molar-refractivity contribution is 5.97. The number of aliphatic hydroxyl groups is 1. The van der Waals surface area contributed by atoms with E-state index >= 15 is 0 Å². The molecule has 0 aliphatic rings. The zero-order valence-corrected chi connectivity index (χ0v) is 7.79. The van der Waals surface area contributed by atoms with Crippen LogP contribution in [0.3, 0.4) is 0 Å². The molecule has 0 heterocycles. The third-order valence-electron chi connectivity index (χ3n) is 1.97. The first-order valence-corrected chi connectivity index (χ1v) is 4.51. The van der Waals surface area contributed by atoms with Crippen molar-refractivity contribution in [2.24, 2.45) is 0 Å². The van der Waals surface area contributed by atoms with Gasteiger partial charge in [-0.1, -0.05) is 31.2 Å². The lowest BCUT2D eigenvalue weighted by Gasteiger charge is -2.04. The van der Waals surface area contributed by atoms with E-state index in [0.29, 0.717) is 12.0 Å². The summed E-state index contributed by atoms with van der Waals surface area (Å²) in [5.74, 6) is 0.118. The predicted octanol–water partition coefficient (Wildman–Crippen LogP) is 2.16. The zero-order chi connectivity index (χ0) is 9.68. The van der Waals surface area contributed by atoms with Gasteiger partial charge in [0.05, 0.1) is 6.61 Å². The van der Waals surface area contributed by atoms with E-state index in [9.17, 15) is 4.79 Å². The van der Waals surface area contributed by atoms with Crippen molar-refractivity contribution in [3.63, 3.8) is 0 Å². The van der Waals surface area contributed by atoms with Crippen LogP contribution in [-0.2, 0) is 6.61 Å². The molecule has 1 aromatic rings. The van der Waals surface area contributed by atoms with Crippen molar-refractivity contribution < 1.29 is 9.90 Å². The number of hydrogen-bond acceptors (Lipinski definition) is 2. The largest absolute Gasteiger partial charge is 0.392 e. The first-order valence-electron chi connectivity index (χ1n) is 4.51. The molecular formula is C11H14O2. The van der Waals surface area contributed by atoms with Crippen molar-refractivity contribution in [1.82, 2.24) is 0 Å². The summed E-state index contributed by atoms with van der Waals surface area (Å²) in [7, 11) is 0. The molecule has 0 bridgehead atoms. The number of rotatable bonds is 4. The predicted molar refractivity (Wildman–Crippen MR) is 51.6 cm³/mol. The summed E-state index contributed by atoms with van der Waals surface area (Å²) in [6, 6.07) is 7.20. The standard InChI is InChI=1S/C11H14O2/c1-2-5-11(13)10-7-4-3-6-9(10)8-12/h3-4,6-7,12H,2,5,8H2,1H3. The fourth-order valence-corrected chi connectivity index (χ4v) is 1.29. The van der Waals surface area contributed by atoms with E-state index in [4.69, 9.17) is 5.11 Å². The molecule has 0 fully saturated rings. The molecule has 0 atom stereocenters. The average Bonchev–Trinajstić information content (AvgIpc) is 2.18. The summed E-state index contributed by atoms with van der Waals surface area (Å²) < 4.78 is 0. The molecule has 0 amide bonds. The van der Waals surface area contributed by atoms with E-state index in [1.54, 1.807) is 12.1 Å². The molecule has 0 aromatic heterocycles. The van der Waals surface area contributed by atoms with E-state index < -0.39 is 0 Å². The van der Waals surface area contributed by atoms with Gasteiger partial charge in [0.25, 0.3) is 0 Å². The molecule has 0 radical (unpaired) electrons. The van der Waals surface area contributed by atoms with Crippen molar-refractivity contribution in [3.05, 3.63) is 35.4 Å². The minimum absolute atomic E-state index is 0.0639. The number of benzene rings is 1. The Morgan fingerprint density at radius 1 is 1.38 bits per heavy atom. The number of aliphatic hydroxyl groups excluding tert-OH is 1. The topological polar surface area (TPSA) is 37.3 Å². The maximum atomic E-state index is 11.5. The molecule has 0 saturated heterocycles. The fourth-order valence-electron chi connectivity index (χ4n) is 1.29. The van der Waals surface area contributed by atoms with Gasteiger partial charge in [0.1, 0.15) is 0 Å². The van der Waals surface area contributed by atoms with Gasteiger partial charge in [-0.3, -0.25) is 4.79 Å². The second kappa shape index (κ2) is 4.77. The number of Topliss-reactive ketones (excluding diaryl/α,β-unsaturated/α-hetero) is 1. The van der Waals surface area contributed by atoms with Gasteiger partial charge in [0.2, 0.25) is 0 Å². The Hall–Kier alpha value is -1.15. The van der Waals surface area contributed by atoms with E-state index in [0.717, 1.165) is 12.0 Å². The Labute approximate surface area is 78.2 Å². The molecule has 1 N–H and O–H groups in total. The highest BCUT2D eigenvalue weighted by atomic mass is 16.3. The Morgan fingerprint density at radius 2 is 2.08 bits per heavy atom. The summed E-state index contributed by atoms with van der Waals surface area (Å²) in [5.41, 5.74) is 1.38. The second-order valence-electron chi connectivity index (χ2n) is 2.99. The highest BCUT2D eigenvalue weighted by Crippen LogP contribution is 2.11. The lowest BCUT2D eigenvalue weighted by Crippen LogP contribution is -2.02. The molecule has 70 valence electrons. The van der Waals surface area contributed by atoms with Gasteiger partial charge in [-0.05, 0) is 12.0 Å². The van der Waals surface area contributed by atoms with Gasteiger partial charge in [0.15, 0.2) is 5.78 Å². The highest BCUT2D eigenvalue weighted by Gasteiger charge is 2.08. The second-order valence-corrected chi connectivity index (χ2v) is 2.99. The van der Waals surface area contributed by atoms with Gasteiger partial charge in [-0.2, -0.15) is 0 Å². The molecule has 0 unspecified atom stereocenters. The Morgan fingerprint density at radius 3 is 2.69 bits per heavy atom. The summed E-state index contributed by atoms with van der Waals surface area (Å²) in [4.78, 5) is 11.5. The average molecular weight is 178 g/mol. The van der Waals surface area contributed by atoms with Crippen molar-refractivity contribution in [1.29, 1.82) is 0 Å². The van der Waals surface area contributed by atoms with E-state index in [1.165, 1.54) is 0 Å². The number of ketones is 1. The van der Waals surface area contributed by atoms with E-state index in [1.807, 2.05) is 19.1 Å². The lowest BCUT2D eigenvalue weighted by molar-refractivity contribution is 0.0978. The van der Waals surface area contributed by atoms with Crippen LogP contribution in [0.4, 0.5) is 0 Å². The maximum Gasteiger partial charge on any atom is 0.163 e. The molecule has 0 aliphatic carbocycles. The van der Waals surface area contributed by atoms with Crippen molar-refractivity contribution in [2.45, 2.75) is 26.4 Å². The first kappa shape index (κ1) is 9.93. The monoisotopic (exact) mass is 178 g/mol. The van der Waals surface area contributed by atoms with E-state index in [-0.39, 0.29) is 12.4 Å². The molecule has 13 heavy (non-hydrogen) atoms. The fraction of sp³-hybridized carbons (Fsp3) is 0.364. The van der Waals surface area contributed by atoms with Crippen molar-refractivity contribution in [2.75, 3.05) is 0 Å². The first-order chi connectivity index (χ1) is 6.29. The van der Waals surface area contributed by atoms with Gasteiger partial charge in [-0.15, -0.1) is 0 Å².